The highest BCUT2D eigenvalue weighted by atomic mass is 79.9. The van der Waals surface area contributed by atoms with Crippen molar-refractivity contribution in [3.05, 3.63) is 22.4 Å². The molecule has 1 rings (SSSR count). The normalized spacial score (nSPS) is 9.95. The molecule has 0 fully saturated rings. The summed E-state index contributed by atoms with van der Waals surface area (Å²) >= 11 is 3.31. The summed E-state index contributed by atoms with van der Waals surface area (Å²) < 4.78 is 2.57. The Bertz CT molecular complexity index is 516. The van der Waals surface area contributed by atoms with Gasteiger partial charge in [0.05, 0.1) is 6.54 Å². The van der Waals surface area contributed by atoms with Crippen LogP contribution in [0.1, 0.15) is 23.8 Å². The molecule has 0 aliphatic heterocycles. The third kappa shape index (κ3) is 4.14. The topological polar surface area (TPSA) is 62.5 Å². The number of terminal acetylenes is 1. The van der Waals surface area contributed by atoms with Gasteiger partial charge in [-0.3, -0.25) is 9.59 Å². The fraction of sp³-hybridized carbons (Fsp3) is 0.385. The van der Waals surface area contributed by atoms with Crippen LogP contribution in [-0.4, -0.2) is 39.5 Å². The van der Waals surface area contributed by atoms with Crippen molar-refractivity contribution < 1.29 is 14.7 Å². The van der Waals surface area contributed by atoms with E-state index in [1.807, 2.05) is 6.92 Å². The minimum absolute atomic E-state index is 0.0277. The molecule has 1 aromatic rings. The van der Waals surface area contributed by atoms with Gasteiger partial charge in [0, 0.05) is 17.2 Å². The van der Waals surface area contributed by atoms with Gasteiger partial charge < -0.3 is 14.6 Å². The molecular weight excluding hydrogens is 312 g/mol. The molecule has 0 aliphatic rings. The van der Waals surface area contributed by atoms with Crippen LogP contribution in [0.4, 0.5) is 0 Å². The summed E-state index contributed by atoms with van der Waals surface area (Å²) in [6, 6.07) is 1.67. The van der Waals surface area contributed by atoms with Gasteiger partial charge in [0.2, 0.25) is 0 Å². The summed E-state index contributed by atoms with van der Waals surface area (Å²) in [5.41, 5.74) is 0.435. The first-order valence-electron chi connectivity index (χ1n) is 5.79. The second-order valence-electron chi connectivity index (χ2n) is 4.00. The maximum absolute atomic E-state index is 12.3. The molecule has 5 nitrogen and oxygen atoms in total. The quantitative estimate of drug-likeness (QED) is 0.811. The Hall–Kier alpha value is -1.74. The van der Waals surface area contributed by atoms with Crippen molar-refractivity contribution in [3.63, 3.8) is 0 Å². The number of hydrogen-bond donors (Lipinski definition) is 1. The highest BCUT2D eigenvalue weighted by Gasteiger charge is 2.21. The molecule has 19 heavy (non-hydrogen) atoms. The molecule has 102 valence electrons. The molecule has 0 atom stereocenters. The predicted octanol–water partition coefficient (Wildman–Crippen LogP) is 1.82. The van der Waals surface area contributed by atoms with Crippen LogP contribution in [0.25, 0.3) is 0 Å². The summed E-state index contributed by atoms with van der Waals surface area (Å²) in [5.74, 6) is 0.841. The van der Waals surface area contributed by atoms with Gasteiger partial charge in [-0.15, -0.1) is 6.42 Å². The summed E-state index contributed by atoms with van der Waals surface area (Å²) in [4.78, 5) is 24.2. The number of aliphatic carboxylic acids is 1. The average molecular weight is 327 g/mol. The number of carboxylic acid groups (broad SMARTS) is 1. The number of rotatable bonds is 6. The van der Waals surface area contributed by atoms with E-state index >= 15 is 0 Å². The number of hydrogen-bond acceptors (Lipinski definition) is 2. The summed E-state index contributed by atoms with van der Waals surface area (Å²) in [5, 5.41) is 8.81. The highest BCUT2D eigenvalue weighted by Crippen LogP contribution is 2.17. The zero-order valence-corrected chi connectivity index (χ0v) is 12.2. The van der Waals surface area contributed by atoms with E-state index in [-0.39, 0.29) is 12.5 Å². The summed E-state index contributed by atoms with van der Waals surface area (Å²) in [6.07, 6.45) is 7.84. The zero-order chi connectivity index (χ0) is 14.4. The lowest BCUT2D eigenvalue weighted by atomic mass is 10.3. The van der Waals surface area contributed by atoms with E-state index in [0.29, 0.717) is 12.2 Å². The molecular formula is C13H15BrN2O3. The fourth-order valence-corrected chi connectivity index (χ4v) is 2.18. The first-order chi connectivity index (χ1) is 8.99. The highest BCUT2D eigenvalue weighted by molar-refractivity contribution is 9.10. The second-order valence-corrected chi connectivity index (χ2v) is 4.91. The van der Waals surface area contributed by atoms with E-state index in [0.717, 1.165) is 15.8 Å². The van der Waals surface area contributed by atoms with E-state index < -0.39 is 12.5 Å². The van der Waals surface area contributed by atoms with Crippen LogP contribution in [0, 0.1) is 12.3 Å². The third-order valence-electron chi connectivity index (χ3n) is 2.44. The first kappa shape index (κ1) is 15.3. The van der Waals surface area contributed by atoms with Crippen molar-refractivity contribution in [2.45, 2.75) is 19.9 Å². The molecule has 0 spiro atoms. The van der Waals surface area contributed by atoms with Crippen LogP contribution in [0.5, 0.6) is 0 Å². The number of carbonyl (C=O) groups is 2. The molecule has 6 heteroatoms. The van der Waals surface area contributed by atoms with Gasteiger partial charge in [-0.2, -0.15) is 0 Å². The minimum atomic E-state index is -1.09. The van der Waals surface area contributed by atoms with Gasteiger partial charge in [0.15, 0.2) is 0 Å². The standard InChI is InChI=1S/C13H15BrN2O3/c1-3-5-15-8-10(14)7-11(15)13(19)16(6-4-2)9-12(17)18/h2,7-8H,3,5-6,9H2,1H3,(H,17,18). The largest absolute Gasteiger partial charge is 0.480 e. The first-order valence-corrected chi connectivity index (χ1v) is 6.59. The molecule has 1 N–H and O–H groups in total. The lowest BCUT2D eigenvalue weighted by molar-refractivity contribution is -0.137. The van der Waals surface area contributed by atoms with Crippen molar-refractivity contribution in [1.82, 2.24) is 9.47 Å². The Labute approximate surface area is 120 Å². The molecule has 1 heterocycles. The SMILES string of the molecule is C#CCN(CC(=O)O)C(=O)c1cc(Br)cn1CCC. The smallest absolute Gasteiger partial charge is 0.323 e. The van der Waals surface area contributed by atoms with Crippen molar-refractivity contribution in [2.75, 3.05) is 13.1 Å². The average Bonchev–Trinajstić information content (AvgIpc) is 2.69. The number of amides is 1. The molecule has 0 radical (unpaired) electrons. The van der Waals surface area contributed by atoms with Crippen LogP contribution in [0.15, 0.2) is 16.7 Å². The van der Waals surface area contributed by atoms with Gasteiger partial charge in [-0.1, -0.05) is 12.8 Å². The van der Waals surface area contributed by atoms with Crippen LogP contribution < -0.4 is 0 Å². The lowest BCUT2D eigenvalue weighted by Crippen LogP contribution is -2.37. The van der Waals surface area contributed by atoms with Crippen LogP contribution in [-0.2, 0) is 11.3 Å². The Kier molecular flexibility index (Phi) is 5.64. The molecule has 0 saturated heterocycles. The molecule has 1 aromatic heterocycles. The van der Waals surface area contributed by atoms with Gasteiger partial charge in [-0.25, -0.2) is 0 Å². The minimum Gasteiger partial charge on any atom is -0.480 e. The Balaban J connectivity index is 3.01. The maximum atomic E-state index is 12.3. The molecule has 0 saturated carbocycles. The predicted molar refractivity (Wildman–Crippen MR) is 74.8 cm³/mol. The van der Waals surface area contributed by atoms with Crippen molar-refractivity contribution in [2.24, 2.45) is 0 Å². The Morgan fingerprint density at radius 3 is 2.79 bits per heavy atom. The molecule has 0 unspecified atom stereocenters. The van der Waals surface area contributed by atoms with Gasteiger partial charge in [0.1, 0.15) is 12.2 Å². The maximum Gasteiger partial charge on any atom is 0.323 e. The van der Waals surface area contributed by atoms with Gasteiger partial charge in [-0.05, 0) is 28.4 Å². The van der Waals surface area contributed by atoms with E-state index in [9.17, 15) is 9.59 Å². The molecule has 1 amide bonds. The van der Waals surface area contributed by atoms with E-state index in [2.05, 4.69) is 21.9 Å². The Morgan fingerprint density at radius 1 is 1.58 bits per heavy atom. The van der Waals surface area contributed by atoms with Crippen LogP contribution >= 0.6 is 15.9 Å². The number of carbonyl (C=O) groups excluding carboxylic acids is 1. The monoisotopic (exact) mass is 326 g/mol. The van der Waals surface area contributed by atoms with E-state index in [1.165, 1.54) is 0 Å². The van der Waals surface area contributed by atoms with Crippen molar-refractivity contribution in [1.29, 1.82) is 0 Å². The number of aromatic nitrogens is 1. The number of aryl methyl sites for hydroxylation is 1. The third-order valence-corrected chi connectivity index (χ3v) is 2.88. The summed E-state index contributed by atoms with van der Waals surface area (Å²) in [6.45, 7) is 2.25. The van der Waals surface area contributed by atoms with E-state index in [4.69, 9.17) is 11.5 Å². The van der Waals surface area contributed by atoms with Crippen molar-refractivity contribution in [3.8, 4) is 12.3 Å². The fourth-order valence-electron chi connectivity index (χ4n) is 1.71. The van der Waals surface area contributed by atoms with E-state index in [1.54, 1.807) is 16.8 Å². The summed E-state index contributed by atoms with van der Waals surface area (Å²) in [7, 11) is 0. The molecule has 0 aromatic carbocycles. The molecule has 0 bridgehead atoms. The van der Waals surface area contributed by atoms with Gasteiger partial charge in [0.25, 0.3) is 5.91 Å². The van der Waals surface area contributed by atoms with Crippen LogP contribution in [0.2, 0.25) is 0 Å². The lowest BCUT2D eigenvalue weighted by Gasteiger charge is -2.18. The molecule has 0 aliphatic carbocycles. The Morgan fingerprint density at radius 2 is 2.26 bits per heavy atom. The van der Waals surface area contributed by atoms with Crippen molar-refractivity contribution >= 4 is 27.8 Å². The number of halogens is 1. The van der Waals surface area contributed by atoms with Gasteiger partial charge >= 0.3 is 5.97 Å². The number of nitrogens with zero attached hydrogens (tertiary/aromatic N) is 2. The van der Waals surface area contributed by atoms with Crippen LogP contribution in [0.3, 0.4) is 0 Å². The second kappa shape index (κ2) is 7.00. The number of carboxylic acids is 1. The zero-order valence-electron chi connectivity index (χ0n) is 10.6.